The molecule has 3 heterocycles. The maximum Gasteiger partial charge on any atom is 0.258 e. The van der Waals surface area contributed by atoms with Crippen LogP contribution in [0.5, 0.6) is 0 Å². The maximum atomic E-state index is 12.3. The molecule has 0 radical (unpaired) electrons. The van der Waals surface area contributed by atoms with E-state index in [-0.39, 0.29) is 23.3 Å². The van der Waals surface area contributed by atoms with E-state index in [1.54, 1.807) is 18.3 Å². The van der Waals surface area contributed by atoms with Gasteiger partial charge in [-0.25, -0.2) is 18.1 Å². The molecule has 2 N–H and O–H groups in total. The van der Waals surface area contributed by atoms with Gasteiger partial charge in [0.1, 0.15) is 0 Å². The van der Waals surface area contributed by atoms with Gasteiger partial charge < -0.3 is 10.1 Å². The second kappa shape index (κ2) is 6.00. The lowest BCUT2D eigenvalue weighted by Gasteiger charge is -2.19. The highest BCUT2D eigenvalue weighted by Gasteiger charge is 2.42. The number of pyridine rings is 1. The third-order valence-corrected chi connectivity index (χ3v) is 5.47. The molecule has 2 aliphatic rings. The van der Waals surface area contributed by atoms with Crippen molar-refractivity contribution in [1.29, 1.82) is 0 Å². The molecule has 3 rings (SSSR count). The van der Waals surface area contributed by atoms with Gasteiger partial charge in [0.2, 0.25) is 0 Å². The summed E-state index contributed by atoms with van der Waals surface area (Å²) >= 11 is 0. The van der Waals surface area contributed by atoms with Gasteiger partial charge in [0.25, 0.3) is 10.0 Å². The molecule has 7 heteroatoms. The highest BCUT2D eigenvalue weighted by Crippen LogP contribution is 2.34. The monoisotopic (exact) mass is 311 g/mol. The van der Waals surface area contributed by atoms with Crippen molar-refractivity contribution in [3.05, 3.63) is 23.9 Å². The molecular weight excluding hydrogens is 290 g/mol. The lowest BCUT2D eigenvalue weighted by molar-refractivity contribution is 0.0996. The molecule has 1 aromatic heterocycles. The lowest BCUT2D eigenvalue weighted by Crippen LogP contribution is -2.41. The standard InChI is InChI=1S/C14H21N3O3S/c1-2-15-8-10-3-6-14(16-9-10)21(18,19)17-12-7-11-4-5-13(12)20-11/h3,6,9,11-13,15,17H,2,4-5,7-8H2,1H3. The van der Waals surface area contributed by atoms with Crippen LogP contribution >= 0.6 is 0 Å². The fraction of sp³-hybridized carbons (Fsp3) is 0.643. The number of nitrogens with one attached hydrogen (secondary N) is 2. The quantitative estimate of drug-likeness (QED) is 0.812. The normalized spacial score (nSPS) is 28.1. The van der Waals surface area contributed by atoms with Gasteiger partial charge >= 0.3 is 0 Å². The fourth-order valence-corrected chi connectivity index (χ4v) is 4.17. The average molecular weight is 311 g/mol. The Hall–Kier alpha value is -1.02. The van der Waals surface area contributed by atoms with Crippen LogP contribution in [0.1, 0.15) is 31.7 Å². The van der Waals surface area contributed by atoms with Gasteiger partial charge in [-0.3, -0.25) is 0 Å². The van der Waals surface area contributed by atoms with E-state index in [2.05, 4.69) is 15.0 Å². The molecule has 3 atom stereocenters. The van der Waals surface area contributed by atoms with Gasteiger partial charge in [-0.2, -0.15) is 0 Å². The minimum Gasteiger partial charge on any atom is -0.373 e. The van der Waals surface area contributed by atoms with E-state index in [0.717, 1.165) is 31.4 Å². The van der Waals surface area contributed by atoms with Crippen LogP contribution in [0.2, 0.25) is 0 Å². The molecule has 2 bridgehead atoms. The number of aromatic nitrogens is 1. The third kappa shape index (κ3) is 3.26. The first-order chi connectivity index (χ1) is 10.1. The second-order valence-corrected chi connectivity index (χ2v) is 7.28. The number of sulfonamides is 1. The first-order valence-electron chi connectivity index (χ1n) is 7.42. The summed E-state index contributed by atoms with van der Waals surface area (Å²) in [5, 5.41) is 3.25. The van der Waals surface area contributed by atoms with E-state index in [4.69, 9.17) is 4.74 Å². The van der Waals surface area contributed by atoms with Crippen molar-refractivity contribution in [1.82, 2.24) is 15.0 Å². The summed E-state index contributed by atoms with van der Waals surface area (Å²) in [6.45, 7) is 3.58. The SMILES string of the molecule is CCNCc1ccc(S(=O)(=O)NC2CC3CCC2O3)nc1. The number of rotatable bonds is 6. The molecule has 116 valence electrons. The Morgan fingerprint density at radius 3 is 2.81 bits per heavy atom. The van der Waals surface area contributed by atoms with Crippen LogP contribution in [0, 0.1) is 0 Å². The van der Waals surface area contributed by atoms with E-state index in [1.807, 2.05) is 6.92 Å². The summed E-state index contributed by atoms with van der Waals surface area (Å²) in [6, 6.07) is 3.24. The minimum atomic E-state index is -3.56. The van der Waals surface area contributed by atoms with E-state index in [9.17, 15) is 8.42 Å². The van der Waals surface area contributed by atoms with Crippen LogP contribution in [0.25, 0.3) is 0 Å². The van der Waals surface area contributed by atoms with Crippen molar-refractivity contribution in [3.63, 3.8) is 0 Å². The zero-order valence-electron chi connectivity index (χ0n) is 12.1. The van der Waals surface area contributed by atoms with Gasteiger partial charge in [0.05, 0.1) is 18.2 Å². The Morgan fingerprint density at radius 1 is 1.38 bits per heavy atom. The topological polar surface area (TPSA) is 80.3 Å². The lowest BCUT2D eigenvalue weighted by atomic mass is 9.96. The smallest absolute Gasteiger partial charge is 0.258 e. The van der Waals surface area contributed by atoms with Crippen LogP contribution in [0.3, 0.4) is 0 Å². The molecule has 0 spiro atoms. The number of ether oxygens (including phenoxy) is 1. The molecule has 21 heavy (non-hydrogen) atoms. The van der Waals surface area contributed by atoms with Gasteiger partial charge in [-0.05, 0) is 37.4 Å². The average Bonchev–Trinajstić information content (AvgIpc) is 3.07. The summed E-state index contributed by atoms with van der Waals surface area (Å²) in [6.07, 6.45) is 4.60. The first kappa shape index (κ1) is 14.9. The van der Waals surface area contributed by atoms with E-state index in [0.29, 0.717) is 6.54 Å². The summed E-state index contributed by atoms with van der Waals surface area (Å²) < 4.78 is 33.1. The molecule has 6 nitrogen and oxygen atoms in total. The predicted octanol–water partition coefficient (Wildman–Crippen LogP) is 0.789. The van der Waals surface area contributed by atoms with Crippen molar-refractivity contribution >= 4 is 10.0 Å². The van der Waals surface area contributed by atoms with E-state index < -0.39 is 10.0 Å². The molecule has 0 amide bonds. The predicted molar refractivity (Wildman–Crippen MR) is 78.2 cm³/mol. The largest absolute Gasteiger partial charge is 0.373 e. The minimum absolute atomic E-state index is 0.0257. The van der Waals surface area contributed by atoms with E-state index >= 15 is 0 Å². The molecule has 3 unspecified atom stereocenters. The van der Waals surface area contributed by atoms with Crippen molar-refractivity contribution < 1.29 is 13.2 Å². The Labute approximate surface area is 125 Å². The molecule has 1 aromatic rings. The Balaban J connectivity index is 1.67. The van der Waals surface area contributed by atoms with Crippen molar-refractivity contribution in [2.24, 2.45) is 0 Å². The van der Waals surface area contributed by atoms with Gasteiger partial charge in [0.15, 0.2) is 5.03 Å². The fourth-order valence-electron chi connectivity index (χ4n) is 2.97. The van der Waals surface area contributed by atoms with Crippen molar-refractivity contribution in [3.8, 4) is 0 Å². The highest BCUT2D eigenvalue weighted by atomic mass is 32.2. The summed E-state index contributed by atoms with van der Waals surface area (Å²) in [4.78, 5) is 4.08. The molecule has 0 aromatic carbocycles. The molecule has 2 aliphatic heterocycles. The number of hydrogen-bond acceptors (Lipinski definition) is 5. The van der Waals surface area contributed by atoms with Crippen molar-refractivity contribution in [2.75, 3.05) is 6.54 Å². The summed E-state index contributed by atoms with van der Waals surface area (Å²) in [5.74, 6) is 0. The molecule has 2 fully saturated rings. The van der Waals surface area contributed by atoms with Gasteiger partial charge in [-0.1, -0.05) is 13.0 Å². The first-order valence-corrected chi connectivity index (χ1v) is 8.90. The number of hydrogen-bond donors (Lipinski definition) is 2. The van der Waals surface area contributed by atoms with Gasteiger partial charge in [-0.15, -0.1) is 0 Å². The third-order valence-electron chi connectivity index (χ3n) is 4.06. The van der Waals surface area contributed by atoms with Crippen molar-refractivity contribution in [2.45, 2.75) is 56.0 Å². The zero-order valence-corrected chi connectivity index (χ0v) is 12.9. The van der Waals surface area contributed by atoms with Gasteiger partial charge in [0, 0.05) is 12.7 Å². The molecule has 2 saturated heterocycles. The number of nitrogens with zero attached hydrogens (tertiary/aromatic N) is 1. The Bertz CT molecular complexity index is 588. The maximum absolute atomic E-state index is 12.3. The number of fused-ring (bicyclic) bond motifs is 2. The van der Waals surface area contributed by atoms with Crippen LogP contribution in [0.15, 0.2) is 23.4 Å². The van der Waals surface area contributed by atoms with Crippen LogP contribution < -0.4 is 10.0 Å². The Kier molecular flexibility index (Phi) is 4.26. The highest BCUT2D eigenvalue weighted by molar-refractivity contribution is 7.89. The van der Waals surface area contributed by atoms with Crippen LogP contribution in [-0.4, -0.2) is 38.2 Å². The molecular formula is C14H21N3O3S. The van der Waals surface area contributed by atoms with Crippen LogP contribution in [0.4, 0.5) is 0 Å². The van der Waals surface area contributed by atoms with E-state index in [1.165, 1.54) is 0 Å². The molecule has 0 aliphatic carbocycles. The molecule has 0 saturated carbocycles. The summed E-state index contributed by atoms with van der Waals surface area (Å²) in [5.41, 5.74) is 0.971. The van der Waals surface area contributed by atoms with Crippen LogP contribution in [-0.2, 0) is 21.3 Å². The Morgan fingerprint density at radius 2 is 2.24 bits per heavy atom. The second-order valence-electron chi connectivity index (χ2n) is 5.62. The summed E-state index contributed by atoms with van der Waals surface area (Å²) in [7, 11) is -3.56. The zero-order chi connectivity index (χ0) is 14.9.